The Hall–Kier alpha value is -2.69. The summed E-state index contributed by atoms with van der Waals surface area (Å²) in [6.07, 6.45) is 0. The number of aromatic nitrogens is 6. The van der Waals surface area contributed by atoms with Crippen LogP contribution in [0.2, 0.25) is 0 Å². The van der Waals surface area contributed by atoms with E-state index in [1.807, 2.05) is 54.1 Å². The standard InChI is InChI=1S/C19H13BrN6OS2/c1-10(26-24-17(23-25-26)11-4-6-12(20)7-5-11)16-21-18(27)15-13(9-29-19(15)22-16)14-3-2-8-28-14/h2-10H,1H3,(H,21,22,27). The number of tetrazole rings is 1. The van der Waals surface area contributed by atoms with Gasteiger partial charge in [0.1, 0.15) is 16.7 Å². The van der Waals surface area contributed by atoms with Crippen molar-refractivity contribution in [1.29, 1.82) is 0 Å². The molecular formula is C19H13BrN6OS2. The Bertz CT molecular complexity index is 1350. The number of thiophene rings is 2. The van der Waals surface area contributed by atoms with Gasteiger partial charge in [-0.25, -0.2) is 4.98 Å². The largest absolute Gasteiger partial charge is 0.308 e. The van der Waals surface area contributed by atoms with Crippen molar-refractivity contribution >= 4 is 48.8 Å². The van der Waals surface area contributed by atoms with Crippen molar-refractivity contribution in [1.82, 2.24) is 30.2 Å². The first kappa shape index (κ1) is 18.3. The van der Waals surface area contributed by atoms with E-state index in [4.69, 9.17) is 0 Å². The van der Waals surface area contributed by atoms with Crippen molar-refractivity contribution in [2.24, 2.45) is 0 Å². The van der Waals surface area contributed by atoms with Crippen LogP contribution in [0, 0.1) is 0 Å². The van der Waals surface area contributed by atoms with Crippen LogP contribution in [0.15, 0.2) is 56.4 Å². The zero-order valence-electron chi connectivity index (χ0n) is 15.0. The number of halogens is 1. The van der Waals surface area contributed by atoms with Gasteiger partial charge in [-0.05, 0) is 47.8 Å². The van der Waals surface area contributed by atoms with Crippen molar-refractivity contribution in [3.63, 3.8) is 0 Å². The van der Waals surface area contributed by atoms with Gasteiger partial charge in [-0.3, -0.25) is 4.79 Å². The summed E-state index contributed by atoms with van der Waals surface area (Å²) in [6, 6.07) is 11.3. The molecule has 29 heavy (non-hydrogen) atoms. The van der Waals surface area contributed by atoms with Crippen LogP contribution in [0.4, 0.5) is 0 Å². The number of fused-ring (bicyclic) bond motifs is 1. The van der Waals surface area contributed by atoms with Gasteiger partial charge in [0.15, 0.2) is 0 Å². The number of aromatic amines is 1. The molecule has 1 N–H and O–H groups in total. The Morgan fingerprint density at radius 3 is 2.76 bits per heavy atom. The van der Waals surface area contributed by atoms with Gasteiger partial charge in [-0.15, -0.1) is 32.9 Å². The van der Waals surface area contributed by atoms with Crippen molar-refractivity contribution in [3.8, 4) is 21.8 Å². The van der Waals surface area contributed by atoms with Crippen molar-refractivity contribution in [2.75, 3.05) is 0 Å². The molecule has 1 atom stereocenters. The highest BCUT2D eigenvalue weighted by Crippen LogP contribution is 2.33. The first-order valence-corrected chi connectivity index (χ1v) is 11.3. The van der Waals surface area contributed by atoms with E-state index in [1.165, 1.54) is 16.1 Å². The second-order valence-electron chi connectivity index (χ2n) is 6.37. The average molecular weight is 485 g/mol. The maximum atomic E-state index is 12.8. The molecule has 144 valence electrons. The Kier molecular flexibility index (Phi) is 4.61. The number of nitrogens with zero attached hydrogens (tertiary/aromatic N) is 5. The average Bonchev–Trinajstić information content (AvgIpc) is 3.47. The Balaban J connectivity index is 1.51. The summed E-state index contributed by atoms with van der Waals surface area (Å²) in [5, 5.41) is 17.3. The summed E-state index contributed by atoms with van der Waals surface area (Å²) < 4.78 is 0.981. The topological polar surface area (TPSA) is 89.4 Å². The maximum Gasteiger partial charge on any atom is 0.260 e. The summed E-state index contributed by atoms with van der Waals surface area (Å²) in [5.74, 6) is 1.02. The van der Waals surface area contributed by atoms with Crippen LogP contribution in [0.25, 0.3) is 32.0 Å². The van der Waals surface area contributed by atoms with E-state index in [2.05, 4.69) is 41.3 Å². The van der Waals surface area contributed by atoms with E-state index in [-0.39, 0.29) is 11.6 Å². The SMILES string of the molecule is CC(c1nc2scc(-c3cccs3)c2c(=O)[nH]1)n1nnc(-c2ccc(Br)cc2)n1. The fourth-order valence-electron chi connectivity index (χ4n) is 2.99. The molecule has 7 nitrogen and oxygen atoms in total. The summed E-state index contributed by atoms with van der Waals surface area (Å²) in [5.41, 5.74) is 1.63. The lowest BCUT2D eigenvalue weighted by Gasteiger charge is -2.09. The van der Waals surface area contributed by atoms with Gasteiger partial charge in [0, 0.05) is 25.9 Å². The second kappa shape index (κ2) is 7.29. The van der Waals surface area contributed by atoms with Gasteiger partial charge in [0.25, 0.3) is 5.56 Å². The molecular weight excluding hydrogens is 472 g/mol. The van der Waals surface area contributed by atoms with E-state index >= 15 is 0 Å². The lowest BCUT2D eigenvalue weighted by Crippen LogP contribution is -2.19. The van der Waals surface area contributed by atoms with Gasteiger partial charge < -0.3 is 4.98 Å². The highest BCUT2D eigenvalue weighted by molar-refractivity contribution is 9.10. The molecule has 0 saturated heterocycles. The maximum absolute atomic E-state index is 12.8. The Morgan fingerprint density at radius 1 is 1.17 bits per heavy atom. The minimum Gasteiger partial charge on any atom is -0.308 e. The van der Waals surface area contributed by atoms with E-state index < -0.39 is 0 Å². The summed E-state index contributed by atoms with van der Waals surface area (Å²) in [4.78, 5) is 23.6. The normalized spacial score (nSPS) is 12.5. The predicted octanol–water partition coefficient (Wildman–Crippen LogP) is 4.74. The second-order valence-corrected chi connectivity index (χ2v) is 9.10. The van der Waals surface area contributed by atoms with Gasteiger partial charge in [-0.1, -0.05) is 22.0 Å². The molecule has 5 aromatic rings. The van der Waals surface area contributed by atoms with Crippen LogP contribution < -0.4 is 5.56 Å². The van der Waals surface area contributed by atoms with Gasteiger partial charge >= 0.3 is 0 Å². The quantitative estimate of drug-likeness (QED) is 0.397. The molecule has 4 heterocycles. The molecule has 0 aliphatic rings. The number of benzene rings is 1. The summed E-state index contributed by atoms with van der Waals surface area (Å²) >= 11 is 6.48. The van der Waals surface area contributed by atoms with Crippen LogP contribution in [-0.4, -0.2) is 30.2 Å². The molecule has 0 amide bonds. The molecule has 0 bridgehead atoms. The first-order chi connectivity index (χ1) is 14.1. The molecule has 0 fully saturated rings. The zero-order chi connectivity index (χ0) is 20.0. The number of hydrogen-bond acceptors (Lipinski definition) is 7. The first-order valence-electron chi connectivity index (χ1n) is 8.71. The van der Waals surface area contributed by atoms with Crippen molar-refractivity contribution in [2.45, 2.75) is 13.0 Å². The minimum absolute atomic E-state index is 0.158. The van der Waals surface area contributed by atoms with Crippen LogP contribution in [0.3, 0.4) is 0 Å². The van der Waals surface area contributed by atoms with Gasteiger partial charge in [-0.2, -0.15) is 4.80 Å². The summed E-state index contributed by atoms with van der Waals surface area (Å²) in [6.45, 7) is 1.88. The third-order valence-corrected chi connectivity index (χ3v) is 6.83. The van der Waals surface area contributed by atoms with Gasteiger partial charge in [0.2, 0.25) is 5.82 Å². The number of hydrogen-bond donors (Lipinski definition) is 1. The number of nitrogens with one attached hydrogen (secondary N) is 1. The van der Waals surface area contributed by atoms with E-state index in [0.29, 0.717) is 21.9 Å². The molecule has 4 aromatic heterocycles. The molecule has 10 heteroatoms. The fraction of sp³-hybridized carbons (Fsp3) is 0.105. The van der Waals surface area contributed by atoms with Crippen molar-refractivity contribution < 1.29 is 0 Å². The molecule has 1 aromatic carbocycles. The van der Waals surface area contributed by atoms with Crippen LogP contribution in [0.1, 0.15) is 18.8 Å². The number of H-pyrrole nitrogens is 1. The van der Waals surface area contributed by atoms with Crippen LogP contribution in [-0.2, 0) is 0 Å². The Labute approximate surface area is 181 Å². The smallest absolute Gasteiger partial charge is 0.260 e. The molecule has 0 aliphatic heterocycles. The highest BCUT2D eigenvalue weighted by Gasteiger charge is 2.19. The third-order valence-electron chi connectivity index (χ3n) is 4.52. The lowest BCUT2D eigenvalue weighted by atomic mass is 10.2. The molecule has 1 unspecified atom stereocenters. The fourth-order valence-corrected chi connectivity index (χ4v) is 5.02. The Morgan fingerprint density at radius 2 is 2.00 bits per heavy atom. The molecule has 5 rings (SSSR count). The van der Waals surface area contributed by atoms with E-state index in [1.54, 1.807) is 11.3 Å². The predicted molar refractivity (Wildman–Crippen MR) is 118 cm³/mol. The third kappa shape index (κ3) is 3.33. The highest BCUT2D eigenvalue weighted by atomic mass is 79.9. The zero-order valence-corrected chi connectivity index (χ0v) is 18.3. The van der Waals surface area contributed by atoms with E-state index in [0.717, 1.165) is 20.5 Å². The monoisotopic (exact) mass is 484 g/mol. The van der Waals surface area contributed by atoms with Gasteiger partial charge in [0.05, 0.1) is 5.39 Å². The molecule has 0 radical (unpaired) electrons. The molecule has 0 saturated carbocycles. The molecule has 0 spiro atoms. The summed E-state index contributed by atoms with van der Waals surface area (Å²) in [7, 11) is 0. The lowest BCUT2D eigenvalue weighted by molar-refractivity contribution is 0.462. The minimum atomic E-state index is -0.365. The van der Waals surface area contributed by atoms with Crippen molar-refractivity contribution in [3.05, 3.63) is 67.8 Å². The van der Waals surface area contributed by atoms with Crippen LogP contribution in [0.5, 0.6) is 0 Å². The van der Waals surface area contributed by atoms with E-state index in [9.17, 15) is 4.79 Å². The van der Waals surface area contributed by atoms with Crippen LogP contribution >= 0.6 is 38.6 Å². The number of rotatable bonds is 4. The molecule has 0 aliphatic carbocycles.